The topological polar surface area (TPSA) is 96.0 Å². The van der Waals surface area contributed by atoms with Crippen molar-refractivity contribution in [3.8, 4) is 5.75 Å². The Hall–Kier alpha value is -3.07. The lowest BCUT2D eigenvalue weighted by atomic mass is 10.0. The van der Waals surface area contributed by atoms with Gasteiger partial charge in [-0.2, -0.15) is 0 Å². The molecule has 8 nitrogen and oxygen atoms in total. The number of carbonyl (C=O) groups excluding carboxylic acids is 2. The van der Waals surface area contributed by atoms with E-state index in [0.717, 1.165) is 28.1 Å². The molecule has 0 radical (unpaired) electrons. The summed E-state index contributed by atoms with van der Waals surface area (Å²) in [5, 5.41) is 2.92. The maximum atomic E-state index is 13.7. The molecule has 2 aromatic rings. The fourth-order valence-electron chi connectivity index (χ4n) is 3.81. The molecule has 0 aliphatic rings. The molecule has 0 fully saturated rings. The summed E-state index contributed by atoms with van der Waals surface area (Å²) in [5.41, 5.74) is 2.04. The molecule has 0 aromatic heterocycles. The zero-order valence-electron chi connectivity index (χ0n) is 22.3. The number of para-hydroxylation sites is 1. The van der Waals surface area contributed by atoms with Crippen LogP contribution in [-0.4, -0.2) is 57.1 Å². The molecule has 0 bridgehead atoms. The molecule has 0 aliphatic carbocycles. The number of sulfonamides is 1. The number of anilines is 1. The van der Waals surface area contributed by atoms with Gasteiger partial charge in [-0.1, -0.05) is 51.1 Å². The first kappa shape index (κ1) is 29.2. The normalized spacial score (nSPS) is 13.1. The van der Waals surface area contributed by atoms with Crippen molar-refractivity contribution >= 4 is 27.5 Å². The standard InChI is InChI=1S/C27H39N3O5S/c1-8-20(4)28-27(32)21(5)29(17-22-12-11-13-23(16-22)35-6)26(31)18-30(36(7,33)34)25-15-10-9-14-24(25)19(2)3/h9-16,19-21H,8,17-18H2,1-7H3,(H,28,32)/t20-,21-/m0/s1. The first-order chi connectivity index (χ1) is 16.9. The van der Waals surface area contributed by atoms with Gasteiger partial charge in [0.2, 0.25) is 21.8 Å². The highest BCUT2D eigenvalue weighted by molar-refractivity contribution is 7.92. The van der Waals surface area contributed by atoms with Gasteiger partial charge in [0.25, 0.3) is 0 Å². The van der Waals surface area contributed by atoms with Crippen LogP contribution in [0.2, 0.25) is 0 Å². The first-order valence-corrected chi connectivity index (χ1v) is 14.0. The lowest BCUT2D eigenvalue weighted by Gasteiger charge is -2.32. The highest BCUT2D eigenvalue weighted by Crippen LogP contribution is 2.29. The fraction of sp³-hybridized carbons (Fsp3) is 0.481. The van der Waals surface area contributed by atoms with Crippen LogP contribution < -0.4 is 14.4 Å². The second-order valence-corrected chi connectivity index (χ2v) is 11.3. The van der Waals surface area contributed by atoms with Crippen LogP contribution in [0.15, 0.2) is 48.5 Å². The van der Waals surface area contributed by atoms with Crippen molar-refractivity contribution in [2.75, 3.05) is 24.2 Å². The van der Waals surface area contributed by atoms with Gasteiger partial charge in [-0.3, -0.25) is 13.9 Å². The number of methoxy groups -OCH3 is 1. The second-order valence-electron chi connectivity index (χ2n) is 9.35. The van der Waals surface area contributed by atoms with Crippen LogP contribution in [0.25, 0.3) is 0 Å². The average molecular weight is 518 g/mol. The van der Waals surface area contributed by atoms with Crippen LogP contribution in [0, 0.1) is 0 Å². The lowest BCUT2D eigenvalue weighted by molar-refractivity contribution is -0.139. The second kappa shape index (κ2) is 12.8. The highest BCUT2D eigenvalue weighted by atomic mass is 32.2. The number of carbonyl (C=O) groups is 2. The van der Waals surface area contributed by atoms with Gasteiger partial charge in [-0.25, -0.2) is 8.42 Å². The minimum absolute atomic E-state index is 0.0497. The average Bonchev–Trinajstić information content (AvgIpc) is 2.84. The van der Waals surface area contributed by atoms with Crippen LogP contribution in [0.1, 0.15) is 58.1 Å². The molecule has 2 aromatic carbocycles. The van der Waals surface area contributed by atoms with Crippen LogP contribution in [0.4, 0.5) is 5.69 Å². The Morgan fingerprint density at radius 3 is 2.28 bits per heavy atom. The predicted molar refractivity (Wildman–Crippen MR) is 144 cm³/mol. The van der Waals surface area contributed by atoms with Crippen molar-refractivity contribution in [2.24, 2.45) is 0 Å². The number of amides is 2. The van der Waals surface area contributed by atoms with E-state index in [4.69, 9.17) is 4.74 Å². The van der Waals surface area contributed by atoms with Crippen molar-refractivity contribution in [3.63, 3.8) is 0 Å². The van der Waals surface area contributed by atoms with Crippen molar-refractivity contribution in [2.45, 2.75) is 65.6 Å². The van der Waals surface area contributed by atoms with Crippen molar-refractivity contribution in [1.29, 1.82) is 0 Å². The Morgan fingerprint density at radius 2 is 1.69 bits per heavy atom. The van der Waals surface area contributed by atoms with Gasteiger partial charge < -0.3 is 15.0 Å². The van der Waals surface area contributed by atoms with E-state index in [1.54, 1.807) is 38.3 Å². The summed E-state index contributed by atoms with van der Waals surface area (Å²) in [7, 11) is -2.23. The monoisotopic (exact) mass is 517 g/mol. The first-order valence-electron chi connectivity index (χ1n) is 12.2. The number of nitrogens with zero attached hydrogens (tertiary/aromatic N) is 2. The fourth-order valence-corrected chi connectivity index (χ4v) is 4.68. The molecule has 198 valence electrons. The number of hydrogen-bond donors (Lipinski definition) is 1. The largest absolute Gasteiger partial charge is 0.497 e. The highest BCUT2D eigenvalue weighted by Gasteiger charge is 2.31. The Bertz CT molecular complexity index is 1150. The maximum absolute atomic E-state index is 13.7. The van der Waals surface area contributed by atoms with Crippen LogP contribution in [0.5, 0.6) is 5.75 Å². The molecule has 0 saturated carbocycles. The number of hydrogen-bond acceptors (Lipinski definition) is 5. The van der Waals surface area contributed by atoms with Crippen LogP contribution >= 0.6 is 0 Å². The third-order valence-corrected chi connectivity index (χ3v) is 7.29. The molecule has 9 heteroatoms. The van der Waals surface area contributed by atoms with Gasteiger partial charge in [0.1, 0.15) is 18.3 Å². The van der Waals surface area contributed by atoms with E-state index in [-0.39, 0.29) is 24.4 Å². The zero-order chi connectivity index (χ0) is 27.0. The quantitative estimate of drug-likeness (QED) is 0.460. The number of benzene rings is 2. The summed E-state index contributed by atoms with van der Waals surface area (Å²) in [6.45, 7) is 9.15. The third kappa shape index (κ3) is 7.71. The Labute approximate surface area is 215 Å². The molecule has 0 unspecified atom stereocenters. The van der Waals surface area contributed by atoms with Gasteiger partial charge >= 0.3 is 0 Å². The summed E-state index contributed by atoms with van der Waals surface area (Å²) in [6.07, 6.45) is 1.83. The van der Waals surface area contributed by atoms with E-state index in [1.165, 1.54) is 4.90 Å². The molecule has 0 heterocycles. The van der Waals surface area contributed by atoms with Gasteiger partial charge in [0.05, 0.1) is 19.1 Å². The molecule has 1 N–H and O–H groups in total. The predicted octanol–water partition coefficient (Wildman–Crippen LogP) is 3.92. The molecule has 36 heavy (non-hydrogen) atoms. The smallest absolute Gasteiger partial charge is 0.244 e. The summed E-state index contributed by atoms with van der Waals surface area (Å²) in [5.74, 6) is -0.100. The summed E-state index contributed by atoms with van der Waals surface area (Å²) in [6, 6.07) is 13.5. The molecule has 2 atom stereocenters. The zero-order valence-corrected chi connectivity index (χ0v) is 23.1. The van der Waals surface area contributed by atoms with Gasteiger partial charge in [-0.05, 0) is 55.5 Å². The minimum Gasteiger partial charge on any atom is -0.497 e. The molecular weight excluding hydrogens is 478 g/mol. The Balaban J connectivity index is 2.47. The van der Waals surface area contributed by atoms with Crippen molar-refractivity contribution in [1.82, 2.24) is 10.2 Å². The number of ether oxygens (including phenoxy) is 1. The van der Waals surface area contributed by atoms with Crippen molar-refractivity contribution < 1.29 is 22.7 Å². The SMILES string of the molecule is CC[C@H](C)NC(=O)[C@H](C)N(Cc1cccc(OC)c1)C(=O)CN(c1ccccc1C(C)C)S(C)(=O)=O. The Kier molecular flexibility index (Phi) is 10.3. The molecular formula is C27H39N3O5S. The van der Waals surface area contributed by atoms with E-state index < -0.39 is 28.5 Å². The van der Waals surface area contributed by atoms with Gasteiger partial charge in [0, 0.05) is 12.6 Å². The van der Waals surface area contributed by atoms with E-state index in [1.807, 2.05) is 52.0 Å². The molecule has 0 spiro atoms. The van der Waals surface area contributed by atoms with Crippen molar-refractivity contribution in [3.05, 3.63) is 59.7 Å². The van der Waals surface area contributed by atoms with E-state index in [9.17, 15) is 18.0 Å². The maximum Gasteiger partial charge on any atom is 0.244 e. The number of nitrogens with one attached hydrogen (secondary N) is 1. The third-order valence-electron chi connectivity index (χ3n) is 6.16. The summed E-state index contributed by atoms with van der Waals surface area (Å²) in [4.78, 5) is 28.1. The summed E-state index contributed by atoms with van der Waals surface area (Å²) >= 11 is 0. The molecule has 0 saturated heterocycles. The minimum atomic E-state index is -3.79. The van der Waals surface area contributed by atoms with E-state index in [0.29, 0.717) is 11.4 Å². The Morgan fingerprint density at radius 1 is 1.03 bits per heavy atom. The summed E-state index contributed by atoms with van der Waals surface area (Å²) < 4.78 is 32.1. The molecule has 2 rings (SSSR count). The van der Waals surface area contributed by atoms with Gasteiger partial charge in [0.15, 0.2) is 0 Å². The molecule has 0 aliphatic heterocycles. The van der Waals surface area contributed by atoms with Crippen LogP contribution in [0.3, 0.4) is 0 Å². The van der Waals surface area contributed by atoms with Crippen LogP contribution in [-0.2, 0) is 26.2 Å². The molecule has 2 amide bonds. The van der Waals surface area contributed by atoms with Gasteiger partial charge in [-0.15, -0.1) is 0 Å². The number of rotatable bonds is 12. The van der Waals surface area contributed by atoms with E-state index in [2.05, 4.69) is 5.32 Å². The van der Waals surface area contributed by atoms with E-state index >= 15 is 0 Å². The lowest BCUT2D eigenvalue weighted by Crippen LogP contribution is -2.52.